The second-order valence-corrected chi connectivity index (χ2v) is 3.76. The van der Waals surface area contributed by atoms with Crippen LogP contribution in [0.2, 0.25) is 0 Å². The summed E-state index contributed by atoms with van der Waals surface area (Å²) in [5.74, 6) is -0.219. The fraction of sp³-hybridized carbons (Fsp3) is 0.545. The molecule has 0 aliphatic heterocycles. The second-order valence-electron chi connectivity index (χ2n) is 3.76. The molecule has 1 unspecified atom stereocenters. The van der Waals surface area contributed by atoms with Gasteiger partial charge in [-0.25, -0.2) is 0 Å². The lowest BCUT2D eigenvalue weighted by molar-refractivity contribution is 0.0912. The number of hydrogen-bond acceptors (Lipinski definition) is 4. The van der Waals surface area contributed by atoms with Crippen LogP contribution < -0.4 is 5.32 Å². The van der Waals surface area contributed by atoms with Gasteiger partial charge in [0.1, 0.15) is 0 Å². The molecule has 1 aromatic rings. The lowest BCUT2D eigenvalue weighted by Crippen LogP contribution is -2.32. The topological polar surface area (TPSA) is 75.1 Å². The first-order valence-electron chi connectivity index (χ1n) is 5.31. The molecule has 0 bridgehead atoms. The lowest BCUT2D eigenvalue weighted by Gasteiger charge is -2.10. The number of rotatable bonds is 4. The van der Waals surface area contributed by atoms with Gasteiger partial charge in [-0.05, 0) is 26.3 Å². The van der Waals surface area contributed by atoms with Gasteiger partial charge in [-0.1, -0.05) is 6.92 Å². The molecule has 16 heavy (non-hydrogen) atoms. The van der Waals surface area contributed by atoms with Crippen LogP contribution in [0.5, 0.6) is 0 Å². The Hall–Kier alpha value is -1.49. The van der Waals surface area contributed by atoms with Crippen molar-refractivity contribution in [3.05, 3.63) is 23.0 Å². The van der Waals surface area contributed by atoms with Gasteiger partial charge < -0.3 is 10.4 Å². The highest BCUT2D eigenvalue weighted by atomic mass is 16.3. The average molecular weight is 223 g/mol. The zero-order valence-electron chi connectivity index (χ0n) is 9.82. The number of hydrogen-bond donors (Lipinski definition) is 2. The average Bonchev–Trinajstić information content (AvgIpc) is 2.28. The molecule has 1 atom stereocenters. The molecular formula is C11H17N3O2. The van der Waals surface area contributed by atoms with Gasteiger partial charge >= 0.3 is 0 Å². The summed E-state index contributed by atoms with van der Waals surface area (Å²) in [7, 11) is 0. The molecule has 1 amide bonds. The molecule has 1 aromatic heterocycles. The zero-order chi connectivity index (χ0) is 12.1. The number of nitrogens with one attached hydrogen (secondary N) is 1. The van der Waals surface area contributed by atoms with E-state index >= 15 is 0 Å². The van der Waals surface area contributed by atoms with E-state index in [0.717, 1.165) is 0 Å². The number of carbonyl (C=O) groups excluding carboxylic acids is 1. The summed E-state index contributed by atoms with van der Waals surface area (Å²) in [6, 6.07) is 1.69. The number of aliphatic hydroxyl groups is 1. The van der Waals surface area contributed by atoms with Gasteiger partial charge in [-0.15, -0.1) is 0 Å². The van der Waals surface area contributed by atoms with Crippen molar-refractivity contribution in [2.75, 3.05) is 6.54 Å². The van der Waals surface area contributed by atoms with E-state index in [4.69, 9.17) is 0 Å². The van der Waals surface area contributed by atoms with E-state index in [-0.39, 0.29) is 12.5 Å². The molecule has 5 nitrogen and oxygen atoms in total. The normalized spacial score (nSPS) is 12.2. The van der Waals surface area contributed by atoms with E-state index in [1.54, 1.807) is 19.9 Å². The lowest BCUT2D eigenvalue weighted by atomic mass is 10.2. The van der Waals surface area contributed by atoms with Gasteiger partial charge in [-0.3, -0.25) is 4.79 Å². The molecule has 5 heteroatoms. The van der Waals surface area contributed by atoms with E-state index in [9.17, 15) is 9.90 Å². The maximum atomic E-state index is 11.7. The predicted octanol–water partition coefficient (Wildman–Crippen LogP) is 0.594. The molecule has 0 aliphatic rings. The van der Waals surface area contributed by atoms with Crippen LogP contribution in [0.4, 0.5) is 0 Å². The van der Waals surface area contributed by atoms with Crippen molar-refractivity contribution in [2.24, 2.45) is 0 Å². The number of aryl methyl sites for hydroxylation is 2. The van der Waals surface area contributed by atoms with Crippen LogP contribution in [0.1, 0.15) is 35.1 Å². The summed E-state index contributed by atoms with van der Waals surface area (Å²) in [6.07, 6.45) is 0.118. The van der Waals surface area contributed by atoms with Gasteiger partial charge in [0.05, 0.1) is 23.1 Å². The van der Waals surface area contributed by atoms with Crippen LogP contribution >= 0.6 is 0 Å². The first-order chi connectivity index (χ1) is 7.54. The van der Waals surface area contributed by atoms with Crippen molar-refractivity contribution in [3.8, 4) is 0 Å². The molecule has 88 valence electrons. The molecule has 1 rings (SSSR count). The van der Waals surface area contributed by atoms with Crippen LogP contribution in [0.25, 0.3) is 0 Å². The Bertz CT molecular complexity index is 379. The molecule has 2 N–H and O–H groups in total. The smallest absolute Gasteiger partial charge is 0.253 e. The number of carbonyl (C=O) groups is 1. The Morgan fingerprint density at radius 2 is 2.19 bits per heavy atom. The molecular weight excluding hydrogens is 206 g/mol. The molecule has 0 saturated carbocycles. The minimum Gasteiger partial charge on any atom is -0.391 e. The molecule has 1 heterocycles. The zero-order valence-corrected chi connectivity index (χ0v) is 9.82. The van der Waals surface area contributed by atoms with Gasteiger partial charge in [0, 0.05) is 6.54 Å². The first-order valence-corrected chi connectivity index (χ1v) is 5.31. The van der Waals surface area contributed by atoms with Crippen molar-refractivity contribution in [1.29, 1.82) is 0 Å². The molecule has 0 spiro atoms. The third kappa shape index (κ3) is 3.27. The highest BCUT2D eigenvalue weighted by Crippen LogP contribution is 2.04. The third-order valence-corrected chi connectivity index (χ3v) is 2.31. The monoisotopic (exact) mass is 223 g/mol. The Morgan fingerprint density at radius 3 is 2.81 bits per heavy atom. The SMILES string of the molecule is CCC(O)CNC(=O)c1cc(C)nnc1C. The summed E-state index contributed by atoms with van der Waals surface area (Å²) >= 11 is 0. The van der Waals surface area contributed by atoms with E-state index in [0.29, 0.717) is 23.4 Å². The summed E-state index contributed by atoms with van der Waals surface area (Å²) in [5.41, 5.74) is 1.80. The van der Waals surface area contributed by atoms with Crippen molar-refractivity contribution in [2.45, 2.75) is 33.3 Å². The van der Waals surface area contributed by atoms with E-state index in [1.807, 2.05) is 6.92 Å². The summed E-state index contributed by atoms with van der Waals surface area (Å²) < 4.78 is 0. The van der Waals surface area contributed by atoms with E-state index in [1.165, 1.54) is 0 Å². The predicted molar refractivity (Wildman–Crippen MR) is 60.1 cm³/mol. The van der Waals surface area contributed by atoms with Gasteiger partial charge in [0.2, 0.25) is 0 Å². The first kappa shape index (κ1) is 12.6. The minimum absolute atomic E-state index is 0.219. The van der Waals surface area contributed by atoms with Crippen LogP contribution in [0.15, 0.2) is 6.07 Å². The molecule has 0 aliphatic carbocycles. The molecule has 0 radical (unpaired) electrons. The van der Waals surface area contributed by atoms with Crippen molar-refractivity contribution < 1.29 is 9.90 Å². The van der Waals surface area contributed by atoms with Crippen LogP contribution in [-0.2, 0) is 0 Å². The molecule has 0 aromatic carbocycles. The minimum atomic E-state index is -0.500. The van der Waals surface area contributed by atoms with Gasteiger partial charge in [-0.2, -0.15) is 10.2 Å². The van der Waals surface area contributed by atoms with Crippen LogP contribution in [0.3, 0.4) is 0 Å². The Morgan fingerprint density at radius 1 is 1.50 bits per heavy atom. The number of amides is 1. The highest BCUT2D eigenvalue weighted by Gasteiger charge is 2.11. The van der Waals surface area contributed by atoms with Crippen molar-refractivity contribution >= 4 is 5.91 Å². The summed E-state index contributed by atoms with van der Waals surface area (Å²) in [4.78, 5) is 11.7. The quantitative estimate of drug-likeness (QED) is 0.783. The maximum Gasteiger partial charge on any atom is 0.253 e. The molecule has 0 saturated heterocycles. The highest BCUT2D eigenvalue weighted by molar-refractivity contribution is 5.95. The second kappa shape index (κ2) is 5.55. The standard InChI is InChI=1S/C11H17N3O2/c1-4-9(15)6-12-11(16)10-5-7(2)13-14-8(10)3/h5,9,15H,4,6H2,1-3H3,(H,12,16). The van der Waals surface area contributed by atoms with Crippen molar-refractivity contribution in [3.63, 3.8) is 0 Å². The Labute approximate surface area is 94.9 Å². The number of aliphatic hydroxyl groups excluding tert-OH is 1. The Balaban J connectivity index is 2.69. The number of nitrogens with zero attached hydrogens (tertiary/aromatic N) is 2. The van der Waals surface area contributed by atoms with Gasteiger partial charge in [0.15, 0.2) is 0 Å². The van der Waals surface area contributed by atoms with E-state index < -0.39 is 6.10 Å². The maximum absolute atomic E-state index is 11.7. The summed E-state index contributed by atoms with van der Waals surface area (Å²) in [5, 5.41) is 19.7. The van der Waals surface area contributed by atoms with Crippen LogP contribution in [-0.4, -0.2) is 33.9 Å². The fourth-order valence-electron chi connectivity index (χ4n) is 1.23. The largest absolute Gasteiger partial charge is 0.391 e. The summed E-state index contributed by atoms with van der Waals surface area (Å²) in [6.45, 7) is 5.64. The number of aromatic nitrogens is 2. The Kier molecular flexibility index (Phi) is 4.37. The fourth-order valence-corrected chi connectivity index (χ4v) is 1.23. The van der Waals surface area contributed by atoms with E-state index in [2.05, 4.69) is 15.5 Å². The van der Waals surface area contributed by atoms with Crippen LogP contribution in [0, 0.1) is 13.8 Å². The van der Waals surface area contributed by atoms with Gasteiger partial charge in [0.25, 0.3) is 5.91 Å². The van der Waals surface area contributed by atoms with Crippen molar-refractivity contribution in [1.82, 2.24) is 15.5 Å². The molecule has 0 fully saturated rings. The third-order valence-electron chi connectivity index (χ3n) is 2.31.